The topological polar surface area (TPSA) is 68.5 Å². The molecule has 6 nitrogen and oxygen atoms in total. The summed E-state index contributed by atoms with van der Waals surface area (Å²) in [5, 5.41) is 4.21. The second-order valence-electron chi connectivity index (χ2n) is 11.1. The molecule has 1 fully saturated rings. The minimum atomic E-state index is -0.477. The first kappa shape index (κ1) is 27.2. The average Bonchev–Trinajstić information content (AvgIpc) is 3.29. The van der Waals surface area contributed by atoms with Crippen molar-refractivity contribution in [1.82, 2.24) is 15.0 Å². The van der Waals surface area contributed by atoms with Crippen molar-refractivity contribution < 1.29 is 14.1 Å². The molecule has 1 amide bonds. The van der Waals surface area contributed by atoms with Crippen molar-refractivity contribution >= 4 is 6.09 Å². The number of rotatable bonds is 12. The fourth-order valence-electron chi connectivity index (χ4n) is 4.71. The molecule has 0 saturated carbocycles. The third-order valence-corrected chi connectivity index (χ3v) is 6.63. The highest BCUT2D eigenvalue weighted by Gasteiger charge is 2.28. The lowest BCUT2D eigenvalue weighted by Gasteiger charge is -2.33. The van der Waals surface area contributed by atoms with Crippen molar-refractivity contribution in [2.75, 3.05) is 13.1 Å². The number of aromatic nitrogens is 2. The zero-order chi connectivity index (χ0) is 25.1. The van der Waals surface area contributed by atoms with Gasteiger partial charge < -0.3 is 14.2 Å². The van der Waals surface area contributed by atoms with Crippen molar-refractivity contribution in [3.8, 4) is 11.4 Å². The Morgan fingerprint density at radius 1 is 1.06 bits per heavy atom. The number of nitrogens with zero attached hydrogens (tertiary/aromatic N) is 3. The summed E-state index contributed by atoms with van der Waals surface area (Å²) in [6, 6.07) is 8.57. The molecular weight excluding hydrogens is 438 g/mol. The van der Waals surface area contributed by atoms with E-state index >= 15 is 0 Å². The van der Waals surface area contributed by atoms with Gasteiger partial charge >= 0.3 is 6.09 Å². The minimum Gasteiger partial charge on any atom is -0.444 e. The Balaban J connectivity index is 1.42. The van der Waals surface area contributed by atoms with Crippen molar-refractivity contribution in [1.29, 1.82) is 0 Å². The molecule has 1 atom stereocenters. The molecule has 1 saturated heterocycles. The molecule has 1 aliphatic heterocycles. The molecule has 0 aliphatic carbocycles. The predicted octanol–water partition coefficient (Wildman–Crippen LogP) is 7.61. The zero-order valence-electron chi connectivity index (χ0n) is 22.4. The molecule has 35 heavy (non-hydrogen) atoms. The Kier molecular flexibility index (Phi) is 10.6. The van der Waals surface area contributed by atoms with Gasteiger partial charge in [-0.15, -0.1) is 0 Å². The van der Waals surface area contributed by atoms with Crippen LogP contribution in [-0.4, -0.2) is 39.8 Å². The van der Waals surface area contributed by atoms with Gasteiger partial charge in [-0.25, -0.2) is 4.79 Å². The van der Waals surface area contributed by atoms with E-state index < -0.39 is 5.60 Å². The van der Waals surface area contributed by atoms with Crippen LogP contribution in [0.3, 0.4) is 0 Å². The largest absolute Gasteiger partial charge is 0.444 e. The summed E-state index contributed by atoms with van der Waals surface area (Å²) in [4.78, 5) is 18.9. The van der Waals surface area contributed by atoms with E-state index in [0.717, 1.165) is 31.4 Å². The normalized spacial score (nSPS) is 16.5. The molecule has 0 radical (unpaired) electrons. The van der Waals surface area contributed by atoms with Crippen molar-refractivity contribution in [3.63, 3.8) is 0 Å². The van der Waals surface area contributed by atoms with E-state index in [1.54, 1.807) is 0 Å². The SMILES string of the molecule is CCCCCCCCCCc1ccc(-c2noc(C[C@@H]3CCCN(C(=O)OC(C)(C)C)C3)n2)cc1. The van der Waals surface area contributed by atoms with E-state index in [2.05, 4.69) is 41.3 Å². The monoisotopic (exact) mass is 483 g/mol. The molecule has 1 aromatic heterocycles. The second kappa shape index (κ2) is 13.6. The molecular formula is C29H45N3O3. The molecule has 3 rings (SSSR count). The smallest absolute Gasteiger partial charge is 0.410 e. The average molecular weight is 484 g/mol. The first-order valence-electron chi connectivity index (χ1n) is 13.7. The number of aryl methyl sites for hydroxylation is 1. The highest BCUT2D eigenvalue weighted by Crippen LogP contribution is 2.24. The maximum absolute atomic E-state index is 12.4. The molecule has 0 bridgehead atoms. The van der Waals surface area contributed by atoms with Gasteiger partial charge in [0.1, 0.15) is 5.60 Å². The Bertz CT molecular complexity index is 885. The number of likely N-dealkylation sites (tertiary alicyclic amines) is 1. The van der Waals surface area contributed by atoms with E-state index in [9.17, 15) is 4.79 Å². The highest BCUT2D eigenvalue weighted by atomic mass is 16.6. The lowest BCUT2D eigenvalue weighted by atomic mass is 9.95. The van der Waals surface area contributed by atoms with Crippen molar-refractivity contribution in [3.05, 3.63) is 35.7 Å². The van der Waals surface area contributed by atoms with Crippen LogP contribution in [0.1, 0.15) is 103 Å². The fourth-order valence-corrected chi connectivity index (χ4v) is 4.71. The van der Waals surface area contributed by atoms with E-state index in [4.69, 9.17) is 9.26 Å². The molecule has 194 valence electrons. The lowest BCUT2D eigenvalue weighted by molar-refractivity contribution is 0.0162. The number of ether oxygens (including phenoxy) is 1. The minimum absolute atomic E-state index is 0.236. The lowest BCUT2D eigenvalue weighted by Crippen LogP contribution is -2.43. The second-order valence-corrected chi connectivity index (χ2v) is 11.1. The van der Waals surface area contributed by atoms with Crippen LogP contribution in [0.2, 0.25) is 0 Å². The molecule has 2 heterocycles. The first-order chi connectivity index (χ1) is 16.8. The summed E-state index contributed by atoms with van der Waals surface area (Å²) in [6.45, 7) is 9.37. The van der Waals surface area contributed by atoms with Crippen LogP contribution in [0, 0.1) is 5.92 Å². The summed E-state index contributed by atoms with van der Waals surface area (Å²) in [5.41, 5.74) is 1.88. The number of hydrogen-bond acceptors (Lipinski definition) is 5. The number of carbonyl (C=O) groups is 1. The van der Waals surface area contributed by atoms with Crippen molar-refractivity contribution in [2.45, 2.75) is 110 Å². The highest BCUT2D eigenvalue weighted by molar-refractivity contribution is 5.68. The molecule has 2 aromatic rings. The number of piperidine rings is 1. The van der Waals surface area contributed by atoms with Gasteiger partial charge in [-0.05, 0) is 57.9 Å². The van der Waals surface area contributed by atoms with Gasteiger partial charge in [-0.2, -0.15) is 4.98 Å². The van der Waals surface area contributed by atoms with Gasteiger partial charge in [0.2, 0.25) is 11.7 Å². The number of amides is 1. The van der Waals surface area contributed by atoms with Crippen LogP contribution >= 0.6 is 0 Å². The Morgan fingerprint density at radius 2 is 1.74 bits per heavy atom. The van der Waals surface area contributed by atoms with Gasteiger partial charge in [0, 0.05) is 25.1 Å². The van der Waals surface area contributed by atoms with Crippen LogP contribution < -0.4 is 0 Å². The number of benzene rings is 1. The third-order valence-electron chi connectivity index (χ3n) is 6.63. The van der Waals surface area contributed by atoms with Gasteiger partial charge in [0.15, 0.2) is 0 Å². The molecule has 0 unspecified atom stereocenters. The van der Waals surface area contributed by atoms with Gasteiger partial charge in [-0.1, -0.05) is 81.3 Å². The molecule has 1 aromatic carbocycles. The number of carbonyl (C=O) groups excluding carboxylic acids is 1. The maximum Gasteiger partial charge on any atom is 0.410 e. The quantitative estimate of drug-likeness (QED) is 0.291. The zero-order valence-corrected chi connectivity index (χ0v) is 22.4. The summed E-state index contributed by atoms with van der Waals surface area (Å²) >= 11 is 0. The van der Waals surface area contributed by atoms with Gasteiger partial charge in [0.25, 0.3) is 0 Å². The number of hydrogen-bond donors (Lipinski definition) is 0. The van der Waals surface area contributed by atoms with Crippen molar-refractivity contribution in [2.24, 2.45) is 5.92 Å². The van der Waals surface area contributed by atoms with E-state index in [-0.39, 0.29) is 6.09 Å². The summed E-state index contributed by atoms with van der Waals surface area (Å²) in [5.74, 6) is 1.58. The van der Waals surface area contributed by atoms with Crippen LogP contribution in [0.4, 0.5) is 4.79 Å². The standard InChI is InChI=1S/C29H45N3O3/c1-5-6-7-8-9-10-11-12-14-23-16-18-25(19-17-23)27-30-26(35-31-27)21-24-15-13-20-32(22-24)28(33)34-29(2,3)4/h16-19,24H,5-15,20-22H2,1-4H3/t24-/m0/s1. The van der Waals surface area contributed by atoms with Crippen LogP contribution in [0.5, 0.6) is 0 Å². The summed E-state index contributed by atoms with van der Waals surface area (Å²) in [6.07, 6.45) is 14.3. The molecule has 0 spiro atoms. The maximum atomic E-state index is 12.4. The van der Waals surface area contributed by atoms with E-state index in [0.29, 0.717) is 30.6 Å². The van der Waals surface area contributed by atoms with Crippen LogP contribution in [-0.2, 0) is 17.6 Å². The predicted molar refractivity (Wildman–Crippen MR) is 140 cm³/mol. The van der Waals surface area contributed by atoms with Crippen LogP contribution in [0.15, 0.2) is 28.8 Å². The van der Waals surface area contributed by atoms with Gasteiger partial charge in [0.05, 0.1) is 0 Å². The summed E-state index contributed by atoms with van der Waals surface area (Å²) < 4.78 is 11.1. The Hall–Kier alpha value is -2.37. The molecule has 0 N–H and O–H groups in total. The van der Waals surface area contributed by atoms with E-state index in [1.807, 2.05) is 25.7 Å². The number of unbranched alkanes of at least 4 members (excludes halogenated alkanes) is 7. The fraction of sp³-hybridized carbons (Fsp3) is 0.690. The summed E-state index contributed by atoms with van der Waals surface area (Å²) in [7, 11) is 0. The van der Waals surface area contributed by atoms with E-state index in [1.165, 1.54) is 56.9 Å². The Labute approximate surface area is 211 Å². The van der Waals surface area contributed by atoms with Crippen LogP contribution in [0.25, 0.3) is 11.4 Å². The molecule has 1 aliphatic rings. The third kappa shape index (κ3) is 9.65. The first-order valence-corrected chi connectivity index (χ1v) is 13.7. The molecule has 6 heteroatoms. The van der Waals surface area contributed by atoms with Gasteiger partial charge in [-0.3, -0.25) is 0 Å². The Morgan fingerprint density at radius 3 is 2.43 bits per heavy atom.